The maximum absolute atomic E-state index is 6.00. The van der Waals surface area contributed by atoms with Gasteiger partial charge in [0.2, 0.25) is 0 Å². The Kier molecular flexibility index (Phi) is 2.13. The van der Waals surface area contributed by atoms with Crippen LogP contribution in [0.2, 0.25) is 0 Å². The SMILES string of the molecule is Cc1c(N)nn(C)c1C1C2CC3CC(C2)CC1C3. The van der Waals surface area contributed by atoms with Gasteiger partial charge in [-0.25, -0.2) is 0 Å². The maximum Gasteiger partial charge on any atom is 0.148 e. The van der Waals surface area contributed by atoms with Crippen molar-refractivity contribution < 1.29 is 0 Å². The van der Waals surface area contributed by atoms with E-state index >= 15 is 0 Å². The van der Waals surface area contributed by atoms with E-state index in [1.807, 2.05) is 0 Å². The Balaban J connectivity index is 1.76. The molecule has 0 saturated heterocycles. The van der Waals surface area contributed by atoms with Gasteiger partial charge in [0.05, 0.1) is 0 Å². The first-order chi connectivity index (χ1) is 8.63. The molecular formula is C15H23N3. The van der Waals surface area contributed by atoms with Crippen molar-refractivity contribution in [3.63, 3.8) is 0 Å². The number of aryl methyl sites for hydroxylation is 1. The normalized spacial score (nSPS) is 41.6. The lowest BCUT2D eigenvalue weighted by Gasteiger charge is -2.54. The third kappa shape index (κ3) is 1.33. The second-order valence-electron chi connectivity index (χ2n) is 6.98. The zero-order valence-corrected chi connectivity index (χ0v) is 11.4. The lowest BCUT2D eigenvalue weighted by molar-refractivity contribution is -0.00554. The summed E-state index contributed by atoms with van der Waals surface area (Å²) in [5.41, 5.74) is 8.69. The quantitative estimate of drug-likeness (QED) is 0.826. The first-order valence-corrected chi connectivity index (χ1v) is 7.42. The number of anilines is 1. The molecule has 1 heterocycles. The van der Waals surface area contributed by atoms with Crippen LogP contribution in [0.25, 0.3) is 0 Å². The molecule has 0 amide bonds. The molecule has 0 unspecified atom stereocenters. The average Bonchev–Trinajstić information content (AvgIpc) is 2.54. The van der Waals surface area contributed by atoms with Crippen molar-refractivity contribution in [3.05, 3.63) is 11.3 Å². The van der Waals surface area contributed by atoms with E-state index in [1.165, 1.54) is 43.4 Å². The van der Waals surface area contributed by atoms with Crippen LogP contribution in [0.3, 0.4) is 0 Å². The molecule has 4 saturated carbocycles. The highest BCUT2D eigenvalue weighted by Crippen LogP contribution is 2.60. The van der Waals surface area contributed by atoms with E-state index < -0.39 is 0 Å². The van der Waals surface area contributed by atoms with Crippen LogP contribution in [0.15, 0.2) is 0 Å². The highest BCUT2D eigenvalue weighted by molar-refractivity contribution is 5.43. The van der Waals surface area contributed by atoms with Gasteiger partial charge in [-0.15, -0.1) is 0 Å². The van der Waals surface area contributed by atoms with Gasteiger partial charge in [0.25, 0.3) is 0 Å². The number of hydrogen-bond acceptors (Lipinski definition) is 2. The number of rotatable bonds is 1. The summed E-state index contributed by atoms with van der Waals surface area (Å²) in [5.74, 6) is 5.38. The zero-order valence-electron chi connectivity index (χ0n) is 11.4. The van der Waals surface area contributed by atoms with Crippen LogP contribution >= 0.6 is 0 Å². The standard InChI is InChI=1S/C15H23N3/c1-8-14(18(2)17-15(8)16)13-11-4-9-3-10(6-11)7-12(13)5-9/h9-13H,3-7H2,1-2H3,(H2,16,17). The number of hydrogen-bond donors (Lipinski definition) is 1. The molecular weight excluding hydrogens is 222 g/mol. The molecule has 4 aliphatic rings. The van der Waals surface area contributed by atoms with Gasteiger partial charge in [-0.3, -0.25) is 4.68 Å². The van der Waals surface area contributed by atoms with E-state index in [-0.39, 0.29) is 0 Å². The van der Waals surface area contributed by atoms with Gasteiger partial charge in [-0.2, -0.15) is 5.10 Å². The second kappa shape index (κ2) is 3.52. The number of nitrogens with two attached hydrogens (primary N) is 1. The molecule has 0 aromatic carbocycles. The first kappa shape index (κ1) is 10.9. The Bertz CT molecular complexity index is 460. The van der Waals surface area contributed by atoms with Crippen LogP contribution in [0.4, 0.5) is 5.82 Å². The van der Waals surface area contributed by atoms with Gasteiger partial charge < -0.3 is 5.73 Å². The van der Waals surface area contributed by atoms with Gasteiger partial charge in [0, 0.05) is 24.2 Å². The molecule has 5 rings (SSSR count). The highest BCUT2D eigenvalue weighted by atomic mass is 15.3. The summed E-state index contributed by atoms with van der Waals surface area (Å²) >= 11 is 0. The number of aromatic nitrogens is 2. The molecule has 0 aliphatic heterocycles. The molecule has 3 nitrogen and oxygen atoms in total. The first-order valence-electron chi connectivity index (χ1n) is 7.42. The van der Waals surface area contributed by atoms with Crippen molar-refractivity contribution in [1.29, 1.82) is 0 Å². The van der Waals surface area contributed by atoms with Gasteiger partial charge in [-0.1, -0.05) is 0 Å². The minimum atomic E-state index is 0.737. The summed E-state index contributed by atoms with van der Waals surface area (Å²) in [6.45, 7) is 2.16. The van der Waals surface area contributed by atoms with Crippen LogP contribution in [0.5, 0.6) is 0 Å². The van der Waals surface area contributed by atoms with Crippen LogP contribution in [-0.2, 0) is 7.05 Å². The fourth-order valence-electron chi connectivity index (χ4n) is 5.50. The smallest absolute Gasteiger partial charge is 0.148 e. The molecule has 4 fully saturated rings. The molecule has 2 N–H and O–H groups in total. The summed E-state index contributed by atoms with van der Waals surface area (Å²) in [4.78, 5) is 0. The van der Waals surface area contributed by atoms with E-state index in [0.717, 1.165) is 35.4 Å². The molecule has 0 atom stereocenters. The predicted molar refractivity (Wildman–Crippen MR) is 72.1 cm³/mol. The molecule has 3 heteroatoms. The van der Waals surface area contributed by atoms with Crippen molar-refractivity contribution in [3.8, 4) is 0 Å². The Morgan fingerprint density at radius 2 is 1.61 bits per heavy atom. The summed E-state index contributed by atoms with van der Waals surface area (Å²) in [5, 5.41) is 4.44. The Labute approximate surface area is 109 Å². The molecule has 98 valence electrons. The molecule has 0 radical (unpaired) electrons. The lowest BCUT2D eigenvalue weighted by atomic mass is 9.51. The summed E-state index contributed by atoms with van der Waals surface area (Å²) in [6.07, 6.45) is 7.36. The third-order valence-corrected chi connectivity index (χ3v) is 5.92. The monoisotopic (exact) mass is 245 g/mol. The van der Waals surface area contributed by atoms with Crippen molar-refractivity contribution in [1.82, 2.24) is 9.78 Å². The average molecular weight is 245 g/mol. The van der Waals surface area contributed by atoms with Crippen molar-refractivity contribution in [2.45, 2.75) is 44.9 Å². The van der Waals surface area contributed by atoms with Crippen LogP contribution in [-0.4, -0.2) is 9.78 Å². The highest BCUT2D eigenvalue weighted by Gasteiger charge is 2.49. The van der Waals surface area contributed by atoms with Crippen molar-refractivity contribution >= 4 is 5.82 Å². The van der Waals surface area contributed by atoms with Gasteiger partial charge in [0.15, 0.2) is 0 Å². The van der Waals surface area contributed by atoms with Gasteiger partial charge >= 0.3 is 0 Å². The minimum absolute atomic E-state index is 0.737. The maximum atomic E-state index is 6.00. The second-order valence-corrected chi connectivity index (χ2v) is 6.98. The van der Waals surface area contributed by atoms with Gasteiger partial charge in [0.1, 0.15) is 5.82 Å². The number of nitrogen functional groups attached to an aromatic ring is 1. The predicted octanol–water partition coefficient (Wildman–Crippen LogP) is 2.85. The van der Waals surface area contributed by atoms with Crippen molar-refractivity contribution in [2.24, 2.45) is 30.7 Å². The van der Waals surface area contributed by atoms with E-state index in [4.69, 9.17) is 5.73 Å². The van der Waals surface area contributed by atoms with Crippen LogP contribution in [0.1, 0.15) is 49.3 Å². The summed E-state index contributed by atoms with van der Waals surface area (Å²) < 4.78 is 2.07. The molecule has 0 spiro atoms. The van der Waals surface area contributed by atoms with Gasteiger partial charge in [-0.05, 0) is 62.7 Å². The zero-order chi connectivity index (χ0) is 12.4. The number of nitrogens with zero attached hydrogens (tertiary/aromatic N) is 2. The largest absolute Gasteiger partial charge is 0.382 e. The molecule has 18 heavy (non-hydrogen) atoms. The summed E-state index contributed by atoms with van der Waals surface area (Å²) in [6, 6.07) is 0. The fourth-order valence-corrected chi connectivity index (χ4v) is 5.50. The Morgan fingerprint density at radius 3 is 2.06 bits per heavy atom. The van der Waals surface area contributed by atoms with E-state index in [9.17, 15) is 0 Å². The third-order valence-electron chi connectivity index (χ3n) is 5.92. The Morgan fingerprint density at radius 1 is 1.06 bits per heavy atom. The lowest BCUT2D eigenvalue weighted by Crippen LogP contribution is -2.44. The molecule has 4 bridgehead atoms. The van der Waals surface area contributed by atoms with E-state index in [2.05, 4.69) is 23.8 Å². The molecule has 4 aliphatic carbocycles. The fraction of sp³-hybridized carbons (Fsp3) is 0.800. The van der Waals surface area contributed by atoms with Crippen molar-refractivity contribution in [2.75, 3.05) is 5.73 Å². The minimum Gasteiger partial charge on any atom is -0.382 e. The van der Waals surface area contributed by atoms with Crippen LogP contribution in [0, 0.1) is 30.6 Å². The summed E-state index contributed by atoms with van der Waals surface area (Å²) in [7, 11) is 2.07. The van der Waals surface area contributed by atoms with Crippen LogP contribution < -0.4 is 5.73 Å². The van der Waals surface area contributed by atoms with E-state index in [1.54, 1.807) is 0 Å². The molecule has 1 aromatic rings. The van der Waals surface area contributed by atoms with E-state index in [0.29, 0.717) is 0 Å². The molecule has 1 aromatic heterocycles. The topological polar surface area (TPSA) is 43.8 Å². The Hall–Kier alpha value is -0.990.